The molecule has 3 aromatic carbocycles. The van der Waals surface area contributed by atoms with Gasteiger partial charge in [0.25, 0.3) is 0 Å². The highest BCUT2D eigenvalue weighted by atomic mass is 35.5. The Morgan fingerprint density at radius 1 is 0.750 bits per heavy atom. The molecule has 116 valence electrons. The van der Waals surface area contributed by atoms with Gasteiger partial charge in [-0.2, -0.15) is 0 Å². The molecule has 0 atom stereocenters. The van der Waals surface area contributed by atoms with Crippen molar-refractivity contribution in [2.24, 2.45) is 0 Å². The summed E-state index contributed by atoms with van der Waals surface area (Å²) < 4.78 is 0. The van der Waals surface area contributed by atoms with Crippen LogP contribution in [0.5, 0.6) is 0 Å². The molecule has 0 unspecified atom stereocenters. The average molecular weight is 330 g/mol. The lowest BCUT2D eigenvalue weighted by molar-refractivity contribution is 1.38. The third-order valence-electron chi connectivity index (χ3n) is 4.20. The number of pyridine rings is 1. The summed E-state index contributed by atoms with van der Waals surface area (Å²) >= 11 is 6.05. The van der Waals surface area contributed by atoms with Crippen molar-refractivity contribution in [1.82, 2.24) is 4.98 Å². The quantitative estimate of drug-likeness (QED) is 0.407. The summed E-state index contributed by atoms with van der Waals surface area (Å²) in [6.45, 7) is 2.09. The molecule has 0 aliphatic carbocycles. The van der Waals surface area contributed by atoms with E-state index in [1.807, 2.05) is 36.4 Å². The maximum absolute atomic E-state index is 6.05. The molecule has 0 radical (unpaired) electrons. The molecule has 0 N–H and O–H groups in total. The summed E-state index contributed by atoms with van der Waals surface area (Å²) in [7, 11) is 0. The minimum Gasteiger partial charge on any atom is -0.247 e. The molecule has 0 aliphatic heterocycles. The van der Waals surface area contributed by atoms with Gasteiger partial charge in [0.1, 0.15) is 0 Å². The summed E-state index contributed by atoms with van der Waals surface area (Å²) in [5.41, 5.74) is 6.60. The van der Waals surface area contributed by atoms with Gasteiger partial charge in [0.05, 0.1) is 11.2 Å². The van der Waals surface area contributed by atoms with Crippen molar-refractivity contribution in [3.05, 3.63) is 89.4 Å². The number of fused-ring (bicyclic) bond motifs is 1. The normalized spacial score (nSPS) is 10.9. The van der Waals surface area contributed by atoms with E-state index in [1.165, 1.54) is 5.56 Å². The predicted octanol–water partition coefficient (Wildman–Crippen LogP) is 6.53. The zero-order valence-corrected chi connectivity index (χ0v) is 14.1. The SMILES string of the molecule is Cc1ccc(-c2nc3ccccc3cc2-c2ccc(Cl)cc2)cc1. The van der Waals surface area contributed by atoms with Crippen molar-refractivity contribution in [1.29, 1.82) is 0 Å². The first-order chi connectivity index (χ1) is 11.7. The van der Waals surface area contributed by atoms with Gasteiger partial charge >= 0.3 is 0 Å². The largest absolute Gasteiger partial charge is 0.247 e. The first-order valence-corrected chi connectivity index (χ1v) is 8.31. The number of rotatable bonds is 2. The topological polar surface area (TPSA) is 12.9 Å². The van der Waals surface area contributed by atoms with Gasteiger partial charge in [0, 0.05) is 21.5 Å². The molecule has 0 spiro atoms. The Balaban J connectivity index is 2.00. The highest BCUT2D eigenvalue weighted by Gasteiger charge is 2.11. The van der Waals surface area contributed by atoms with Crippen LogP contribution in [0.25, 0.3) is 33.3 Å². The van der Waals surface area contributed by atoms with Crippen LogP contribution in [0.4, 0.5) is 0 Å². The number of nitrogens with zero attached hydrogens (tertiary/aromatic N) is 1. The van der Waals surface area contributed by atoms with Crippen molar-refractivity contribution in [2.75, 3.05) is 0 Å². The van der Waals surface area contributed by atoms with Gasteiger partial charge in [-0.3, -0.25) is 0 Å². The predicted molar refractivity (Wildman–Crippen MR) is 102 cm³/mol. The van der Waals surface area contributed by atoms with E-state index in [4.69, 9.17) is 16.6 Å². The molecule has 0 bridgehead atoms. The lowest BCUT2D eigenvalue weighted by Gasteiger charge is -2.12. The maximum Gasteiger partial charge on any atom is 0.0788 e. The number of aromatic nitrogens is 1. The minimum atomic E-state index is 0.740. The van der Waals surface area contributed by atoms with E-state index in [9.17, 15) is 0 Å². The van der Waals surface area contributed by atoms with Crippen LogP contribution in [0, 0.1) is 6.92 Å². The minimum absolute atomic E-state index is 0.740. The second-order valence-corrected chi connectivity index (χ2v) is 6.39. The highest BCUT2D eigenvalue weighted by molar-refractivity contribution is 6.30. The van der Waals surface area contributed by atoms with E-state index in [0.29, 0.717) is 0 Å². The van der Waals surface area contributed by atoms with Gasteiger partial charge in [-0.15, -0.1) is 0 Å². The molecule has 24 heavy (non-hydrogen) atoms. The van der Waals surface area contributed by atoms with Crippen molar-refractivity contribution < 1.29 is 0 Å². The van der Waals surface area contributed by atoms with Crippen LogP contribution in [0.1, 0.15) is 5.56 Å². The third kappa shape index (κ3) is 2.79. The number of para-hydroxylation sites is 1. The van der Waals surface area contributed by atoms with Gasteiger partial charge in [-0.25, -0.2) is 4.98 Å². The maximum atomic E-state index is 6.05. The fourth-order valence-electron chi connectivity index (χ4n) is 2.90. The van der Waals surface area contributed by atoms with E-state index in [0.717, 1.165) is 38.3 Å². The van der Waals surface area contributed by atoms with Gasteiger partial charge in [0.15, 0.2) is 0 Å². The van der Waals surface area contributed by atoms with Crippen LogP contribution in [-0.4, -0.2) is 4.98 Å². The van der Waals surface area contributed by atoms with Crippen molar-refractivity contribution in [3.63, 3.8) is 0 Å². The first-order valence-electron chi connectivity index (χ1n) is 7.93. The number of hydrogen-bond acceptors (Lipinski definition) is 1. The summed E-state index contributed by atoms with van der Waals surface area (Å²) in [5, 5.41) is 1.88. The van der Waals surface area contributed by atoms with Crippen LogP contribution in [0.3, 0.4) is 0 Å². The van der Waals surface area contributed by atoms with Gasteiger partial charge in [-0.05, 0) is 36.8 Å². The fraction of sp³-hybridized carbons (Fsp3) is 0.0455. The number of halogens is 1. The number of hydrogen-bond donors (Lipinski definition) is 0. The van der Waals surface area contributed by atoms with E-state index < -0.39 is 0 Å². The van der Waals surface area contributed by atoms with Gasteiger partial charge in [0.2, 0.25) is 0 Å². The van der Waals surface area contributed by atoms with Crippen molar-refractivity contribution in [3.8, 4) is 22.4 Å². The number of benzene rings is 3. The summed E-state index contributed by atoms with van der Waals surface area (Å²) in [6.07, 6.45) is 0. The molecule has 0 amide bonds. The summed E-state index contributed by atoms with van der Waals surface area (Å²) in [5.74, 6) is 0. The van der Waals surface area contributed by atoms with Crippen LogP contribution >= 0.6 is 11.6 Å². The van der Waals surface area contributed by atoms with E-state index in [-0.39, 0.29) is 0 Å². The fourth-order valence-corrected chi connectivity index (χ4v) is 3.02. The Kier molecular flexibility index (Phi) is 3.79. The smallest absolute Gasteiger partial charge is 0.0788 e. The molecule has 4 rings (SSSR count). The number of aryl methyl sites for hydroxylation is 1. The van der Waals surface area contributed by atoms with Gasteiger partial charge < -0.3 is 0 Å². The zero-order valence-electron chi connectivity index (χ0n) is 13.3. The molecule has 0 aliphatic rings. The monoisotopic (exact) mass is 329 g/mol. The molecule has 1 heterocycles. The van der Waals surface area contributed by atoms with Crippen molar-refractivity contribution >= 4 is 22.5 Å². The molecule has 4 aromatic rings. The van der Waals surface area contributed by atoms with E-state index >= 15 is 0 Å². The molecule has 1 aromatic heterocycles. The lowest BCUT2D eigenvalue weighted by atomic mass is 9.97. The van der Waals surface area contributed by atoms with Gasteiger partial charge in [-0.1, -0.05) is 71.8 Å². The Morgan fingerprint density at radius 3 is 2.17 bits per heavy atom. The molecule has 0 saturated carbocycles. The Labute approximate surface area is 146 Å². The first kappa shape index (κ1) is 14.9. The highest BCUT2D eigenvalue weighted by Crippen LogP contribution is 2.34. The lowest BCUT2D eigenvalue weighted by Crippen LogP contribution is -1.91. The van der Waals surface area contributed by atoms with E-state index in [2.05, 4.69) is 49.4 Å². The van der Waals surface area contributed by atoms with E-state index in [1.54, 1.807) is 0 Å². The molecular formula is C22H16ClN. The van der Waals surface area contributed by atoms with Crippen LogP contribution in [-0.2, 0) is 0 Å². The average Bonchev–Trinajstić information content (AvgIpc) is 2.62. The standard InChI is InChI=1S/C22H16ClN/c1-15-6-8-17(9-7-15)22-20(16-10-12-19(23)13-11-16)14-18-4-2-3-5-21(18)24-22/h2-14H,1H3. The Hall–Kier alpha value is -2.64. The molecule has 2 heteroatoms. The molecule has 0 fully saturated rings. The van der Waals surface area contributed by atoms with Crippen LogP contribution in [0.15, 0.2) is 78.9 Å². The zero-order chi connectivity index (χ0) is 16.5. The third-order valence-corrected chi connectivity index (χ3v) is 4.46. The second kappa shape index (κ2) is 6.10. The Bertz CT molecular complexity index is 918. The van der Waals surface area contributed by atoms with Crippen LogP contribution < -0.4 is 0 Å². The Morgan fingerprint density at radius 2 is 1.42 bits per heavy atom. The summed E-state index contributed by atoms with van der Waals surface area (Å²) in [4.78, 5) is 4.94. The van der Waals surface area contributed by atoms with Crippen molar-refractivity contribution in [2.45, 2.75) is 6.92 Å². The summed E-state index contributed by atoms with van der Waals surface area (Å²) in [6, 6.07) is 26.9. The molecule has 1 nitrogen and oxygen atoms in total. The molecular weight excluding hydrogens is 314 g/mol. The molecule has 0 saturated heterocycles. The van der Waals surface area contributed by atoms with Crippen LogP contribution in [0.2, 0.25) is 5.02 Å². The second-order valence-electron chi connectivity index (χ2n) is 5.95.